The van der Waals surface area contributed by atoms with Crippen molar-refractivity contribution < 1.29 is 0 Å². The Morgan fingerprint density at radius 2 is 1.13 bits per heavy atom. The molecule has 0 heteroatoms. The van der Waals surface area contributed by atoms with Crippen molar-refractivity contribution in [1.82, 2.24) is 0 Å². The van der Waals surface area contributed by atoms with E-state index in [2.05, 4.69) is 85.8 Å². The van der Waals surface area contributed by atoms with Gasteiger partial charge in [-0.25, -0.2) is 0 Å². The Labute approximate surface area is 188 Å². The Hall–Kier alpha value is -2.34. The second kappa shape index (κ2) is 9.43. The number of rotatable bonds is 5. The third-order valence-corrected chi connectivity index (χ3v) is 8.02. The molecule has 0 N–H and O–H groups in total. The first kappa shape index (κ1) is 20.6. The number of hydrogen-bond donors (Lipinski definition) is 0. The standard InChI is InChI=1S/C31H36/c1-23-7-10-26(11-8-23)27-13-15-28(16-14-27)29-17-19-30(20-18-29)31-12-9-25(22-31)21-24-5-3-2-4-6-24/h2-6,13-20,23,25-26,31H,7-12,21-22H2,1H3. The van der Waals surface area contributed by atoms with Gasteiger partial charge in [-0.2, -0.15) is 0 Å². The van der Waals surface area contributed by atoms with Gasteiger partial charge in [0.2, 0.25) is 0 Å². The largest absolute Gasteiger partial charge is 0.0625 e. The summed E-state index contributed by atoms with van der Waals surface area (Å²) in [6.07, 6.45) is 10.8. The van der Waals surface area contributed by atoms with Gasteiger partial charge in [0.15, 0.2) is 0 Å². The highest BCUT2D eigenvalue weighted by Crippen LogP contribution is 2.40. The SMILES string of the molecule is CC1CCC(c2ccc(-c3ccc(C4CCC(Cc5ccccc5)C4)cc3)cc2)CC1. The molecule has 0 aromatic heterocycles. The second-order valence-corrected chi connectivity index (χ2v) is 10.3. The van der Waals surface area contributed by atoms with Crippen LogP contribution in [0.25, 0.3) is 11.1 Å². The average Bonchev–Trinajstić information content (AvgIpc) is 3.29. The minimum absolute atomic E-state index is 0.735. The predicted octanol–water partition coefficient (Wildman–Crippen LogP) is 8.77. The minimum atomic E-state index is 0.735. The predicted molar refractivity (Wildman–Crippen MR) is 132 cm³/mol. The first-order chi connectivity index (χ1) is 15.2. The van der Waals surface area contributed by atoms with Crippen molar-refractivity contribution >= 4 is 0 Å². The van der Waals surface area contributed by atoms with E-state index in [9.17, 15) is 0 Å². The molecular weight excluding hydrogens is 372 g/mol. The monoisotopic (exact) mass is 408 g/mol. The summed E-state index contributed by atoms with van der Waals surface area (Å²) in [5.41, 5.74) is 7.28. The van der Waals surface area contributed by atoms with E-state index in [0.29, 0.717) is 0 Å². The van der Waals surface area contributed by atoms with Crippen molar-refractivity contribution in [2.45, 2.75) is 70.1 Å². The van der Waals surface area contributed by atoms with E-state index in [1.807, 2.05) is 0 Å². The summed E-state index contributed by atoms with van der Waals surface area (Å²) in [6.45, 7) is 2.40. The summed E-state index contributed by atoms with van der Waals surface area (Å²) in [5.74, 6) is 3.27. The maximum absolute atomic E-state index is 2.40. The third kappa shape index (κ3) is 4.95. The normalized spacial score (nSPS) is 26.1. The summed E-state index contributed by atoms with van der Waals surface area (Å²) < 4.78 is 0. The van der Waals surface area contributed by atoms with Crippen molar-refractivity contribution in [2.75, 3.05) is 0 Å². The molecule has 3 aromatic carbocycles. The van der Waals surface area contributed by atoms with Crippen molar-refractivity contribution in [2.24, 2.45) is 11.8 Å². The van der Waals surface area contributed by atoms with Crippen LogP contribution < -0.4 is 0 Å². The van der Waals surface area contributed by atoms with Crippen molar-refractivity contribution in [3.8, 4) is 11.1 Å². The number of hydrogen-bond acceptors (Lipinski definition) is 0. The van der Waals surface area contributed by atoms with Crippen molar-refractivity contribution in [3.05, 3.63) is 95.6 Å². The van der Waals surface area contributed by atoms with E-state index in [1.54, 1.807) is 5.56 Å². The van der Waals surface area contributed by atoms with Crippen LogP contribution in [0.5, 0.6) is 0 Å². The van der Waals surface area contributed by atoms with E-state index in [1.165, 1.54) is 73.6 Å². The zero-order chi connectivity index (χ0) is 21.0. The molecule has 0 nitrogen and oxygen atoms in total. The zero-order valence-corrected chi connectivity index (χ0v) is 19.0. The van der Waals surface area contributed by atoms with E-state index >= 15 is 0 Å². The van der Waals surface area contributed by atoms with Crippen LogP contribution >= 0.6 is 0 Å². The quantitative estimate of drug-likeness (QED) is 0.396. The smallest absolute Gasteiger partial charge is 0.0159 e. The Kier molecular flexibility index (Phi) is 6.25. The highest BCUT2D eigenvalue weighted by atomic mass is 14.3. The van der Waals surface area contributed by atoms with Gasteiger partial charge >= 0.3 is 0 Å². The van der Waals surface area contributed by atoms with Gasteiger partial charge in [0.25, 0.3) is 0 Å². The van der Waals surface area contributed by atoms with Gasteiger partial charge in [0.05, 0.1) is 0 Å². The van der Waals surface area contributed by atoms with Gasteiger partial charge in [-0.05, 0) is 90.0 Å². The second-order valence-electron chi connectivity index (χ2n) is 10.3. The molecule has 3 aromatic rings. The van der Waals surface area contributed by atoms with Crippen LogP contribution in [-0.2, 0) is 6.42 Å². The van der Waals surface area contributed by atoms with E-state index in [0.717, 1.165) is 23.7 Å². The fourth-order valence-electron chi connectivity index (χ4n) is 6.00. The van der Waals surface area contributed by atoms with E-state index < -0.39 is 0 Å². The van der Waals surface area contributed by atoms with Crippen LogP contribution in [0.4, 0.5) is 0 Å². The summed E-state index contributed by atoms with van der Waals surface area (Å²) >= 11 is 0. The van der Waals surface area contributed by atoms with Gasteiger partial charge in [0, 0.05) is 0 Å². The topological polar surface area (TPSA) is 0 Å². The average molecular weight is 409 g/mol. The van der Waals surface area contributed by atoms with Crippen LogP contribution in [0.2, 0.25) is 0 Å². The van der Waals surface area contributed by atoms with E-state index in [4.69, 9.17) is 0 Å². The molecular formula is C31H36. The van der Waals surface area contributed by atoms with Crippen molar-refractivity contribution in [1.29, 1.82) is 0 Å². The highest BCUT2D eigenvalue weighted by Gasteiger charge is 2.26. The molecule has 2 fully saturated rings. The molecule has 0 amide bonds. The molecule has 0 bridgehead atoms. The Morgan fingerprint density at radius 3 is 1.74 bits per heavy atom. The summed E-state index contributed by atoms with van der Waals surface area (Å²) in [7, 11) is 0. The van der Waals surface area contributed by atoms with Gasteiger partial charge in [-0.1, -0.05) is 98.6 Å². The lowest BCUT2D eigenvalue weighted by Gasteiger charge is -2.26. The molecule has 0 radical (unpaired) electrons. The third-order valence-electron chi connectivity index (χ3n) is 8.02. The molecule has 2 aliphatic carbocycles. The molecule has 160 valence electrons. The maximum atomic E-state index is 2.40. The summed E-state index contributed by atoms with van der Waals surface area (Å²) in [4.78, 5) is 0. The molecule has 0 heterocycles. The zero-order valence-electron chi connectivity index (χ0n) is 19.0. The fourth-order valence-corrected chi connectivity index (χ4v) is 6.00. The minimum Gasteiger partial charge on any atom is -0.0625 e. The molecule has 2 unspecified atom stereocenters. The van der Waals surface area contributed by atoms with Crippen LogP contribution in [-0.4, -0.2) is 0 Å². The van der Waals surface area contributed by atoms with Gasteiger partial charge < -0.3 is 0 Å². The first-order valence-corrected chi connectivity index (χ1v) is 12.5. The Balaban J connectivity index is 1.20. The Bertz CT molecular complexity index is 943. The maximum Gasteiger partial charge on any atom is -0.0159 e. The molecule has 0 aliphatic heterocycles. The lowest BCUT2D eigenvalue weighted by Crippen LogP contribution is -2.10. The highest BCUT2D eigenvalue weighted by molar-refractivity contribution is 5.64. The molecule has 2 saturated carbocycles. The Morgan fingerprint density at radius 1 is 0.581 bits per heavy atom. The number of benzene rings is 3. The first-order valence-electron chi connectivity index (χ1n) is 12.5. The summed E-state index contributed by atoms with van der Waals surface area (Å²) in [5, 5.41) is 0. The molecule has 0 saturated heterocycles. The van der Waals surface area contributed by atoms with Gasteiger partial charge in [-0.3, -0.25) is 0 Å². The molecule has 5 rings (SSSR count). The fraction of sp³-hybridized carbons (Fsp3) is 0.419. The molecule has 2 atom stereocenters. The van der Waals surface area contributed by atoms with Crippen molar-refractivity contribution in [3.63, 3.8) is 0 Å². The summed E-state index contributed by atoms with van der Waals surface area (Å²) in [6, 6.07) is 29.9. The van der Waals surface area contributed by atoms with Crippen LogP contribution in [0.15, 0.2) is 78.9 Å². The molecule has 31 heavy (non-hydrogen) atoms. The van der Waals surface area contributed by atoms with Crippen LogP contribution in [0.3, 0.4) is 0 Å². The van der Waals surface area contributed by atoms with Gasteiger partial charge in [0.1, 0.15) is 0 Å². The van der Waals surface area contributed by atoms with Crippen LogP contribution in [0, 0.1) is 11.8 Å². The van der Waals surface area contributed by atoms with Crippen LogP contribution in [0.1, 0.15) is 80.4 Å². The molecule has 2 aliphatic rings. The molecule has 0 spiro atoms. The van der Waals surface area contributed by atoms with E-state index in [-0.39, 0.29) is 0 Å². The van der Waals surface area contributed by atoms with Gasteiger partial charge in [-0.15, -0.1) is 0 Å². The lowest BCUT2D eigenvalue weighted by atomic mass is 9.79. The lowest BCUT2D eigenvalue weighted by molar-refractivity contribution is 0.348.